The van der Waals surface area contributed by atoms with Crippen LogP contribution in [0.15, 0.2) is 72.8 Å². The van der Waals surface area contributed by atoms with Gasteiger partial charge >= 0.3 is 0 Å². The highest BCUT2D eigenvalue weighted by molar-refractivity contribution is 5.94. The highest BCUT2D eigenvalue weighted by Gasteiger charge is 2.21. The average Bonchev–Trinajstić information content (AvgIpc) is 3.44. The third kappa shape index (κ3) is 5.56. The Kier molecular flexibility index (Phi) is 7.60. The molecular formula is C31H24FN3O5. The molecule has 200 valence electrons. The summed E-state index contributed by atoms with van der Waals surface area (Å²) in [5, 5.41) is 13.0. The van der Waals surface area contributed by atoms with E-state index in [0.29, 0.717) is 39.8 Å². The summed E-state index contributed by atoms with van der Waals surface area (Å²) in [4.78, 5) is 17.0. The molecule has 1 aromatic heterocycles. The Morgan fingerprint density at radius 3 is 2.62 bits per heavy atom. The monoisotopic (exact) mass is 537 g/mol. The summed E-state index contributed by atoms with van der Waals surface area (Å²) in [7, 11) is 1.58. The van der Waals surface area contributed by atoms with Gasteiger partial charge < -0.3 is 24.3 Å². The minimum absolute atomic E-state index is 0.130. The van der Waals surface area contributed by atoms with E-state index in [1.54, 1.807) is 49.6 Å². The number of halogens is 1. The van der Waals surface area contributed by atoms with Crippen LogP contribution in [-0.4, -0.2) is 31.3 Å². The topological polar surface area (TPSA) is 103 Å². The second-order valence-electron chi connectivity index (χ2n) is 8.75. The molecule has 1 amide bonds. The van der Waals surface area contributed by atoms with Crippen molar-refractivity contribution in [3.8, 4) is 46.1 Å². The third-order valence-electron chi connectivity index (χ3n) is 6.19. The van der Waals surface area contributed by atoms with Crippen molar-refractivity contribution in [2.75, 3.05) is 20.4 Å². The lowest BCUT2D eigenvalue weighted by Gasteiger charge is -2.16. The molecule has 40 heavy (non-hydrogen) atoms. The van der Waals surface area contributed by atoms with Gasteiger partial charge in [0.15, 0.2) is 11.5 Å². The summed E-state index contributed by atoms with van der Waals surface area (Å²) < 4.78 is 35.7. The molecule has 1 aliphatic rings. The van der Waals surface area contributed by atoms with Crippen LogP contribution in [0.25, 0.3) is 17.2 Å². The van der Waals surface area contributed by atoms with E-state index in [4.69, 9.17) is 18.9 Å². The molecule has 3 aromatic carbocycles. The largest absolute Gasteiger partial charge is 0.497 e. The van der Waals surface area contributed by atoms with E-state index in [1.807, 2.05) is 19.1 Å². The Bertz CT molecular complexity index is 1640. The maximum absolute atomic E-state index is 13.5. The number of ether oxygens (including phenoxy) is 4. The molecule has 5 rings (SSSR count). The molecule has 0 saturated heterocycles. The summed E-state index contributed by atoms with van der Waals surface area (Å²) >= 11 is 0. The van der Waals surface area contributed by atoms with Gasteiger partial charge in [0.2, 0.25) is 12.7 Å². The molecule has 0 bridgehead atoms. The van der Waals surface area contributed by atoms with Crippen LogP contribution in [0.1, 0.15) is 27.2 Å². The number of benzene rings is 3. The van der Waals surface area contributed by atoms with Gasteiger partial charge in [0.25, 0.3) is 5.91 Å². The number of nitriles is 1. The quantitative estimate of drug-likeness (QED) is 0.292. The van der Waals surface area contributed by atoms with E-state index in [-0.39, 0.29) is 30.3 Å². The molecule has 0 spiro atoms. The molecule has 1 aliphatic heterocycles. The highest BCUT2D eigenvalue weighted by atomic mass is 19.1. The summed E-state index contributed by atoms with van der Waals surface area (Å²) in [5.74, 6) is 1.52. The van der Waals surface area contributed by atoms with E-state index in [9.17, 15) is 14.4 Å². The van der Waals surface area contributed by atoms with Gasteiger partial charge in [0.1, 0.15) is 28.9 Å². The molecule has 0 radical (unpaired) electrons. The van der Waals surface area contributed by atoms with Crippen LogP contribution in [0, 0.1) is 24.1 Å². The highest BCUT2D eigenvalue weighted by Crippen LogP contribution is 2.40. The first-order valence-electron chi connectivity index (χ1n) is 12.3. The number of carbonyl (C=O) groups excluding carboxylic acids is 1. The fraction of sp³-hybridized carbons (Fsp3) is 0.129. The van der Waals surface area contributed by atoms with Crippen molar-refractivity contribution in [3.05, 3.63) is 101 Å². The normalized spacial score (nSPS) is 11.8. The van der Waals surface area contributed by atoms with Gasteiger partial charge in [-0.2, -0.15) is 5.26 Å². The first-order chi connectivity index (χ1) is 19.5. The predicted molar refractivity (Wildman–Crippen MR) is 146 cm³/mol. The molecule has 9 heteroatoms. The standard InChI is InChI=1S/C31H24FN3O5/c1-19-25(7-4-14-34-30(36)21-5-3-6-22(32)15-21)29(20-8-10-23(37-2)11-9-20)26(17-33)31(35-19)40-24-12-13-27-28(16-24)39-18-38-27/h3-13,15-16H,14,18H2,1-2H3,(H,34,36). The van der Waals surface area contributed by atoms with Crippen molar-refractivity contribution in [2.24, 2.45) is 0 Å². The van der Waals surface area contributed by atoms with Gasteiger partial charge in [-0.1, -0.05) is 30.4 Å². The van der Waals surface area contributed by atoms with E-state index >= 15 is 0 Å². The van der Waals surface area contributed by atoms with Crippen molar-refractivity contribution in [3.63, 3.8) is 0 Å². The molecule has 2 heterocycles. The summed E-state index contributed by atoms with van der Waals surface area (Å²) in [6.07, 6.45) is 3.53. The molecule has 4 aromatic rings. The van der Waals surface area contributed by atoms with Gasteiger partial charge in [0.05, 0.1) is 7.11 Å². The van der Waals surface area contributed by atoms with Gasteiger partial charge in [-0.15, -0.1) is 0 Å². The minimum Gasteiger partial charge on any atom is -0.497 e. The van der Waals surface area contributed by atoms with Gasteiger partial charge in [-0.25, -0.2) is 9.37 Å². The van der Waals surface area contributed by atoms with E-state index in [0.717, 1.165) is 5.56 Å². The smallest absolute Gasteiger partial charge is 0.251 e. The number of aromatic nitrogens is 1. The van der Waals surface area contributed by atoms with Crippen molar-refractivity contribution >= 4 is 12.0 Å². The Morgan fingerprint density at radius 1 is 1.10 bits per heavy atom. The second kappa shape index (κ2) is 11.6. The molecular weight excluding hydrogens is 513 g/mol. The number of carbonyl (C=O) groups is 1. The molecule has 0 atom stereocenters. The van der Waals surface area contributed by atoms with E-state index in [2.05, 4.69) is 16.4 Å². The summed E-state index contributed by atoms with van der Waals surface area (Å²) in [5.41, 5.74) is 3.11. The Labute approximate surface area is 230 Å². The first-order valence-corrected chi connectivity index (χ1v) is 12.3. The number of methoxy groups -OCH3 is 1. The number of fused-ring (bicyclic) bond motifs is 1. The Morgan fingerprint density at radius 2 is 1.88 bits per heavy atom. The first kappa shape index (κ1) is 26.3. The minimum atomic E-state index is -0.485. The molecule has 8 nitrogen and oxygen atoms in total. The van der Waals surface area contributed by atoms with Crippen molar-refractivity contribution in [1.29, 1.82) is 5.26 Å². The zero-order chi connectivity index (χ0) is 28.1. The SMILES string of the molecule is COc1ccc(-c2c(C#N)c(Oc3ccc4c(c3)OCO4)nc(C)c2C=CCNC(=O)c2cccc(F)c2)cc1. The lowest BCUT2D eigenvalue weighted by atomic mass is 9.94. The molecule has 0 unspecified atom stereocenters. The molecule has 0 fully saturated rings. The molecule has 0 aliphatic carbocycles. The summed E-state index contributed by atoms with van der Waals surface area (Å²) in [6, 6.07) is 20.2. The number of rotatable bonds is 8. The number of aryl methyl sites for hydroxylation is 1. The van der Waals surface area contributed by atoms with E-state index < -0.39 is 11.7 Å². The van der Waals surface area contributed by atoms with Crippen molar-refractivity contribution < 1.29 is 28.1 Å². The lowest BCUT2D eigenvalue weighted by molar-refractivity contribution is 0.0957. The predicted octanol–water partition coefficient (Wildman–Crippen LogP) is 6.04. The average molecular weight is 538 g/mol. The van der Waals surface area contributed by atoms with E-state index in [1.165, 1.54) is 24.3 Å². The van der Waals surface area contributed by atoms with Crippen molar-refractivity contribution in [2.45, 2.75) is 6.92 Å². The maximum Gasteiger partial charge on any atom is 0.251 e. The second-order valence-corrected chi connectivity index (χ2v) is 8.75. The Balaban J connectivity index is 1.49. The van der Waals surface area contributed by atoms with Crippen LogP contribution >= 0.6 is 0 Å². The fourth-order valence-electron chi connectivity index (χ4n) is 4.24. The zero-order valence-electron chi connectivity index (χ0n) is 21.7. The lowest BCUT2D eigenvalue weighted by Crippen LogP contribution is -2.23. The van der Waals surface area contributed by atoms with Crippen LogP contribution in [0.3, 0.4) is 0 Å². The maximum atomic E-state index is 13.5. The fourth-order valence-corrected chi connectivity index (χ4v) is 4.24. The molecule has 1 N–H and O–H groups in total. The van der Waals surface area contributed by atoms with Crippen LogP contribution in [-0.2, 0) is 0 Å². The van der Waals surface area contributed by atoms with Crippen LogP contribution in [0.5, 0.6) is 28.9 Å². The van der Waals surface area contributed by atoms with Gasteiger partial charge in [0, 0.05) is 35.0 Å². The van der Waals surface area contributed by atoms with Gasteiger partial charge in [-0.3, -0.25) is 4.79 Å². The summed E-state index contributed by atoms with van der Waals surface area (Å²) in [6.45, 7) is 2.12. The number of hydrogen-bond acceptors (Lipinski definition) is 7. The molecule has 0 saturated carbocycles. The van der Waals surface area contributed by atoms with Crippen LogP contribution < -0.4 is 24.3 Å². The van der Waals surface area contributed by atoms with Crippen LogP contribution in [0.2, 0.25) is 0 Å². The number of nitrogens with one attached hydrogen (secondary N) is 1. The van der Waals surface area contributed by atoms with Crippen molar-refractivity contribution in [1.82, 2.24) is 10.3 Å². The number of pyridine rings is 1. The number of nitrogens with zero attached hydrogens (tertiary/aromatic N) is 2. The third-order valence-corrected chi connectivity index (χ3v) is 6.19. The number of hydrogen-bond donors (Lipinski definition) is 1. The zero-order valence-corrected chi connectivity index (χ0v) is 21.7. The van der Waals surface area contributed by atoms with Crippen LogP contribution in [0.4, 0.5) is 4.39 Å². The Hall–Kier alpha value is -5.36. The number of amides is 1. The van der Waals surface area contributed by atoms with Gasteiger partial charge in [-0.05, 0) is 55.0 Å².